The molecule has 2 N–H and O–H groups in total. The monoisotopic (exact) mass is 248 g/mol. The number of hydrogen-bond donors (Lipinski definition) is 1. The number of rotatable bonds is 1. The lowest BCUT2D eigenvalue weighted by atomic mass is 10.1. The number of anilines is 1. The molecule has 3 aromatic rings. The summed E-state index contributed by atoms with van der Waals surface area (Å²) in [6, 6.07) is 11.5. The van der Waals surface area contributed by atoms with Crippen molar-refractivity contribution >= 4 is 11.3 Å². The molecule has 3 rings (SSSR count). The molecule has 2 aromatic heterocycles. The fourth-order valence-electron chi connectivity index (χ4n) is 2.18. The van der Waals surface area contributed by atoms with Crippen molar-refractivity contribution in [1.82, 2.24) is 9.38 Å². The molecule has 0 aliphatic carbocycles. The summed E-state index contributed by atoms with van der Waals surface area (Å²) >= 11 is 0. The molecule has 0 atom stereocenters. The van der Waals surface area contributed by atoms with Crippen molar-refractivity contribution in [3.05, 3.63) is 53.9 Å². The first-order chi connectivity index (χ1) is 9.17. The SMILES string of the molecule is Cc1cc(N)cn2cc(-c3cccc(C#N)c3)nc12. The summed E-state index contributed by atoms with van der Waals surface area (Å²) < 4.78 is 1.92. The van der Waals surface area contributed by atoms with Crippen molar-refractivity contribution < 1.29 is 0 Å². The van der Waals surface area contributed by atoms with E-state index in [0.717, 1.165) is 22.5 Å². The number of aryl methyl sites for hydroxylation is 1. The number of aromatic nitrogens is 2. The van der Waals surface area contributed by atoms with Gasteiger partial charge in [0.15, 0.2) is 0 Å². The first kappa shape index (κ1) is 11.3. The minimum Gasteiger partial charge on any atom is -0.398 e. The number of hydrogen-bond acceptors (Lipinski definition) is 3. The standard InChI is InChI=1S/C15H12N4/c1-10-5-13(17)8-19-9-14(18-15(10)19)12-4-2-3-11(6-12)7-16/h2-6,8-9H,17H2,1H3. The second-order valence-corrected chi connectivity index (χ2v) is 4.51. The summed E-state index contributed by atoms with van der Waals surface area (Å²) in [5.74, 6) is 0. The predicted octanol–water partition coefficient (Wildman–Crippen LogP) is 2.76. The molecule has 0 aliphatic rings. The van der Waals surface area contributed by atoms with Gasteiger partial charge in [-0.3, -0.25) is 0 Å². The van der Waals surface area contributed by atoms with E-state index in [2.05, 4.69) is 11.1 Å². The minimum absolute atomic E-state index is 0.630. The Labute approximate surface area is 110 Å². The Bertz CT molecular complexity index is 809. The molecular weight excluding hydrogens is 236 g/mol. The van der Waals surface area contributed by atoms with Gasteiger partial charge in [0.2, 0.25) is 0 Å². The minimum atomic E-state index is 0.630. The molecule has 0 saturated carbocycles. The number of imidazole rings is 1. The molecule has 0 radical (unpaired) electrons. The molecule has 19 heavy (non-hydrogen) atoms. The van der Waals surface area contributed by atoms with Crippen LogP contribution in [0.2, 0.25) is 0 Å². The van der Waals surface area contributed by atoms with Crippen molar-refractivity contribution in [3.63, 3.8) is 0 Å². The molecular formula is C15H12N4. The number of nitrogen functional groups attached to an aromatic ring is 1. The third-order valence-electron chi connectivity index (χ3n) is 3.04. The largest absolute Gasteiger partial charge is 0.398 e. The van der Waals surface area contributed by atoms with Gasteiger partial charge in [0, 0.05) is 23.6 Å². The Morgan fingerprint density at radius 3 is 2.89 bits per heavy atom. The van der Waals surface area contributed by atoms with Crippen LogP contribution < -0.4 is 5.73 Å². The maximum absolute atomic E-state index is 8.94. The van der Waals surface area contributed by atoms with Crippen LogP contribution in [0.5, 0.6) is 0 Å². The van der Waals surface area contributed by atoms with Crippen LogP contribution in [-0.2, 0) is 0 Å². The van der Waals surface area contributed by atoms with Gasteiger partial charge in [-0.1, -0.05) is 12.1 Å². The van der Waals surface area contributed by atoms with E-state index in [4.69, 9.17) is 11.0 Å². The third kappa shape index (κ3) is 1.91. The topological polar surface area (TPSA) is 67.1 Å². The lowest BCUT2D eigenvalue weighted by Gasteiger charge is -1.98. The quantitative estimate of drug-likeness (QED) is 0.720. The fraction of sp³-hybridized carbons (Fsp3) is 0.0667. The Kier molecular flexibility index (Phi) is 2.46. The zero-order valence-corrected chi connectivity index (χ0v) is 10.5. The molecule has 1 aromatic carbocycles. The van der Waals surface area contributed by atoms with E-state index in [9.17, 15) is 0 Å². The van der Waals surface area contributed by atoms with E-state index in [1.165, 1.54) is 0 Å². The summed E-state index contributed by atoms with van der Waals surface area (Å²) in [5, 5.41) is 8.94. The zero-order valence-electron chi connectivity index (χ0n) is 10.5. The highest BCUT2D eigenvalue weighted by atomic mass is 15.0. The molecule has 0 saturated heterocycles. The molecule has 92 valence electrons. The van der Waals surface area contributed by atoms with Gasteiger partial charge >= 0.3 is 0 Å². The third-order valence-corrected chi connectivity index (χ3v) is 3.04. The molecule has 4 heteroatoms. The van der Waals surface area contributed by atoms with Gasteiger partial charge in [0.1, 0.15) is 5.65 Å². The van der Waals surface area contributed by atoms with Gasteiger partial charge in [-0.05, 0) is 30.7 Å². The van der Waals surface area contributed by atoms with E-state index in [0.29, 0.717) is 11.3 Å². The van der Waals surface area contributed by atoms with Crippen LogP contribution in [0.4, 0.5) is 5.69 Å². The van der Waals surface area contributed by atoms with Gasteiger partial charge < -0.3 is 10.1 Å². The van der Waals surface area contributed by atoms with Gasteiger partial charge in [-0.25, -0.2) is 4.98 Å². The Hall–Kier alpha value is -2.80. The van der Waals surface area contributed by atoms with Gasteiger partial charge in [-0.15, -0.1) is 0 Å². The van der Waals surface area contributed by atoms with Gasteiger partial charge in [0.25, 0.3) is 0 Å². The number of nitrogens with two attached hydrogens (primary N) is 1. The first-order valence-electron chi connectivity index (χ1n) is 5.93. The van der Waals surface area contributed by atoms with Crippen LogP contribution in [0, 0.1) is 18.3 Å². The van der Waals surface area contributed by atoms with Crippen molar-refractivity contribution in [2.75, 3.05) is 5.73 Å². The predicted molar refractivity (Wildman–Crippen MR) is 74.5 cm³/mol. The van der Waals surface area contributed by atoms with Crippen molar-refractivity contribution in [3.8, 4) is 17.3 Å². The maximum atomic E-state index is 8.94. The van der Waals surface area contributed by atoms with Crippen LogP contribution in [0.3, 0.4) is 0 Å². The number of nitrogens with zero attached hydrogens (tertiary/aromatic N) is 3. The molecule has 0 amide bonds. The Balaban J connectivity index is 2.21. The fourth-order valence-corrected chi connectivity index (χ4v) is 2.18. The van der Waals surface area contributed by atoms with Crippen LogP contribution in [-0.4, -0.2) is 9.38 Å². The van der Waals surface area contributed by atoms with Crippen LogP contribution in [0.15, 0.2) is 42.7 Å². The normalized spacial score (nSPS) is 10.5. The maximum Gasteiger partial charge on any atom is 0.140 e. The Morgan fingerprint density at radius 1 is 1.26 bits per heavy atom. The van der Waals surface area contributed by atoms with Crippen LogP contribution in [0.25, 0.3) is 16.9 Å². The second kappa shape index (κ2) is 4.14. The Morgan fingerprint density at radius 2 is 2.11 bits per heavy atom. The summed E-state index contributed by atoms with van der Waals surface area (Å²) in [4.78, 5) is 4.60. The molecule has 0 unspecified atom stereocenters. The summed E-state index contributed by atoms with van der Waals surface area (Å²) in [7, 11) is 0. The van der Waals surface area contributed by atoms with Crippen molar-refractivity contribution in [2.45, 2.75) is 6.92 Å². The summed E-state index contributed by atoms with van der Waals surface area (Å²) in [6.45, 7) is 1.98. The first-order valence-corrected chi connectivity index (χ1v) is 5.93. The smallest absolute Gasteiger partial charge is 0.140 e. The molecule has 2 heterocycles. The molecule has 0 bridgehead atoms. The molecule has 4 nitrogen and oxygen atoms in total. The van der Waals surface area contributed by atoms with Gasteiger partial charge in [0.05, 0.1) is 17.3 Å². The highest BCUT2D eigenvalue weighted by Gasteiger charge is 2.07. The van der Waals surface area contributed by atoms with E-state index in [1.807, 2.05) is 48.0 Å². The van der Waals surface area contributed by atoms with Crippen LogP contribution in [0.1, 0.15) is 11.1 Å². The molecule has 0 aliphatic heterocycles. The highest BCUT2D eigenvalue weighted by molar-refractivity contribution is 5.66. The molecule has 0 fully saturated rings. The summed E-state index contributed by atoms with van der Waals surface area (Å²) in [5.41, 5.74) is 10.8. The number of benzene rings is 1. The van der Waals surface area contributed by atoms with Crippen LogP contribution >= 0.6 is 0 Å². The van der Waals surface area contributed by atoms with Gasteiger partial charge in [-0.2, -0.15) is 5.26 Å². The number of pyridine rings is 1. The van der Waals surface area contributed by atoms with E-state index in [-0.39, 0.29) is 0 Å². The number of nitriles is 1. The highest BCUT2D eigenvalue weighted by Crippen LogP contribution is 2.22. The molecule has 0 spiro atoms. The van der Waals surface area contributed by atoms with E-state index < -0.39 is 0 Å². The summed E-state index contributed by atoms with van der Waals surface area (Å²) in [6.07, 6.45) is 3.77. The van der Waals surface area contributed by atoms with Crippen molar-refractivity contribution in [1.29, 1.82) is 5.26 Å². The van der Waals surface area contributed by atoms with Crippen molar-refractivity contribution in [2.24, 2.45) is 0 Å². The average molecular weight is 248 g/mol. The zero-order chi connectivity index (χ0) is 13.4. The lowest BCUT2D eigenvalue weighted by Crippen LogP contribution is -1.92. The lowest BCUT2D eigenvalue weighted by molar-refractivity contribution is 1.17. The average Bonchev–Trinajstić information content (AvgIpc) is 2.83. The van der Waals surface area contributed by atoms with E-state index in [1.54, 1.807) is 6.07 Å². The number of fused-ring (bicyclic) bond motifs is 1. The second-order valence-electron chi connectivity index (χ2n) is 4.51. The van der Waals surface area contributed by atoms with E-state index >= 15 is 0 Å².